The van der Waals surface area contributed by atoms with E-state index in [1.54, 1.807) is 0 Å². The lowest BCUT2D eigenvalue weighted by molar-refractivity contribution is -0.146. The highest BCUT2D eigenvalue weighted by molar-refractivity contribution is 6.42. The maximum absolute atomic E-state index is 10.7. The summed E-state index contributed by atoms with van der Waals surface area (Å²) in [4.78, 5) is 31.3. The van der Waals surface area contributed by atoms with Crippen molar-refractivity contribution in [2.45, 2.75) is 19.4 Å². The molecule has 0 spiro atoms. The lowest BCUT2D eigenvalue weighted by atomic mass is 10.1. The predicted octanol–water partition coefficient (Wildman–Crippen LogP) is -1.05. The molecule has 0 aliphatic carbocycles. The Morgan fingerprint density at radius 3 is 2.18 bits per heavy atom. The molecule has 0 aromatic rings. The number of hydrogen-bond acceptors (Lipinski definition) is 4. The van der Waals surface area contributed by atoms with Crippen molar-refractivity contribution >= 4 is 17.5 Å². The molecule has 5 nitrogen and oxygen atoms in total. The van der Waals surface area contributed by atoms with Crippen LogP contribution in [-0.4, -0.2) is 28.7 Å². The molecule has 0 aromatic heterocycles. The number of rotatable bonds is 4. The Labute approximate surface area is 63.2 Å². The van der Waals surface area contributed by atoms with Crippen LogP contribution >= 0.6 is 0 Å². The smallest absolute Gasteiger partial charge is 0.328 e. The molecule has 0 aliphatic rings. The van der Waals surface area contributed by atoms with Gasteiger partial charge in [-0.3, -0.25) is 14.4 Å². The highest BCUT2D eigenvalue weighted by Gasteiger charge is 2.25. The minimum absolute atomic E-state index is 0.0141. The summed E-state index contributed by atoms with van der Waals surface area (Å²) < 4.78 is 0. The predicted molar refractivity (Wildman–Crippen MR) is 35.9 cm³/mol. The molecular weight excluding hydrogens is 150 g/mol. The Morgan fingerprint density at radius 2 is 1.91 bits per heavy atom. The molecule has 0 aliphatic heterocycles. The van der Waals surface area contributed by atoms with Gasteiger partial charge in [0.1, 0.15) is 0 Å². The molecule has 5 heteroatoms. The summed E-state index contributed by atoms with van der Waals surface area (Å²) in [5.74, 6) is -3.27. The molecule has 0 fully saturated rings. The van der Waals surface area contributed by atoms with Crippen LogP contribution in [0.1, 0.15) is 13.3 Å². The third-order valence-electron chi connectivity index (χ3n) is 1.14. The van der Waals surface area contributed by atoms with Gasteiger partial charge in [-0.05, 0) is 0 Å². The fourth-order valence-electron chi connectivity index (χ4n) is 0.460. The topological polar surface area (TPSA) is 97.5 Å². The third-order valence-corrected chi connectivity index (χ3v) is 1.14. The van der Waals surface area contributed by atoms with E-state index < -0.39 is 23.6 Å². The molecule has 1 unspecified atom stereocenters. The van der Waals surface area contributed by atoms with Crippen molar-refractivity contribution in [2.24, 2.45) is 5.73 Å². The average molecular weight is 159 g/mol. The zero-order valence-electron chi connectivity index (χ0n) is 6.03. The van der Waals surface area contributed by atoms with Crippen LogP contribution in [0.2, 0.25) is 0 Å². The van der Waals surface area contributed by atoms with Gasteiger partial charge in [0.15, 0.2) is 11.8 Å². The van der Waals surface area contributed by atoms with Crippen molar-refractivity contribution in [1.29, 1.82) is 0 Å². The lowest BCUT2D eigenvalue weighted by Crippen LogP contribution is -2.42. The van der Waals surface area contributed by atoms with Gasteiger partial charge in [-0.1, -0.05) is 6.92 Å². The second kappa shape index (κ2) is 3.82. The minimum atomic E-state index is -1.71. The van der Waals surface area contributed by atoms with Crippen LogP contribution in [0.4, 0.5) is 0 Å². The average Bonchev–Trinajstić information content (AvgIpc) is 2.00. The number of ketones is 2. The van der Waals surface area contributed by atoms with E-state index in [0.717, 1.165) is 0 Å². The normalized spacial score (nSPS) is 12.2. The Hall–Kier alpha value is -1.23. The number of nitrogens with two attached hydrogens (primary N) is 1. The summed E-state index contributed by atoms with van der Waals surface area (Å²) in [5, 5.41) is 8.20. The molecule has 0 heterocycles. The van der Waals surface area contributed by atoms with Gasteiger partial charge in [0.2, 0.25) is 5.78 Å². The van der Waals surface area contributed by atoms with Gasteiger partial charge in [0.05, 0.1) is 0 Å². The van der Waals surface area contributed by atoms with Crippen LogP contribution in [0.15, 0.2) is 0 Å². The maximum atomic E-state index is 10.7. The van der Waals surface area contributed by atoms with Crippen molar-refractivity contribution in [3.05, 3.63) is 0 Å². The molecule has 0 radical (unpaired) electrons. The molecule has 0 saturated carbocycles. The highest BCUT2D eigenvalue weighted by Crippen LogP contribution is 1.88. The lowest BCUT2D eigenvalue weighted by Gasteiger charge is -2.01. The minimum Gasteiger partial charge on any atom is -0.480 e. The number of Topliss-reactive ketones (excluding diaryl/α,β-unsaturated/α-hetero) is 2. The van der Waals surface area contributed by atoms with E-state index in [1.807, 2.05) is 0 Å². The first-order valence-electron chi connectivity index (χ1n) is 3.06. The number of carbonyl (C=O) groups is 3. The van der Waals surface area contributed by atoms with Crippen LogP contribution < -0.4 is 5.73 Å². The SMILES string of the molecule is CCC(=O)C(=O)C(N)C(=O)O. The van der Waals surface area contributed by atoms with Crippen LogP contribution in [0.3, 0.4) is 0 Å². The van der Waals surface area contributed by atoms with Crippen molar-refractivity contribution in [3.8, 4) is 0 Å². The van der Waals surface area contributed by atoms with Crippen LogP contribution in [0.25, 0.3) is 0 Å². The Morgan fingerprint density at radius 1 is 1.45 bits per heavy atom. The van der Waals surface area contributed by atoms with E-state index in [9.17, 15) is 14.4 Å². The molecular formula is C6H9NO4. The van der Waals surface area contributed by atoms with Gasteiger partial charge in [-0.15, -0.1) is 0 Å². The van der Waals surface area contributed by atoms with Gasteiger partial charge >= 0.3 is 5.97 Å². The van der Waals surface area contributed by atoms with Gasteiger partial charge in [-0.2, -0.15) is 0 Å². The first kappa shape index (κ1) is 9.77. The second-order valence-corrected chi connectivity index (χ2v) is 1.96. The van der Waals surface area contributed by atoms with Crippen LogP contribution in [0.5, 0.6) is 0 Å². The number of carbonyl (C=O) groups excluding carboxylic acids is 2. The molecule has 0 bridgehead atoms. The van der Waals surface area contributed by atoms with Gasteiger partial charge in [0, 0.05) is 6.42 Å². The zero-order chi connectivity index (χ0) is 9.02. The summed E-state index contributed by atoms with van der Waals surface area (Å²) in [6.07, 6.45) is -0.0141. The van der Waals surface area contributed by atoms with E-state index >= 15 is 0 Å². The summed E-state index contributed by atoms with van der Waals surface area (Å²) in [7, 11) is 0. The summed E-state index contributed by atoms with van der Waals surface area (Å²) in [6, 6.07) is -1.71. The first-order valence-corrected chi connectivity index (χ1v) is 3.06. The van der Waals surface area contributed by atoms with Crippen molar-refractivity contribution in [1.82, 2.24) is 0 Å². The number of carboxylic acid groups (broad SMARTS) is 1. The number of aliphatic carboxylic acids is 1. The first-order chi connectivity index (χ1) is 5.00. The molecule has 11 heavy (non-hydrogen) atoms. The standard InChI is InChI=1S/C6H9NO4/c1-2-3(8)5(9)4(7)6(10)11/h4H,2,7H2,1H3,(H,10,11). The second-order valence-electron chi connectivity index (χ2n) is 1.96. The van der Waals surface area contributed by atoms with E-state index in [2.05, 4.69) is 0 Å². The quantitative estimate of drug-likeness (QED) is 0.402. The molecule has 1 atom stereocenters. The highest BCUT2D eigenvalue weighted by atomic mass is 16.4. The molecule has 0 saturated heterocycles. The fourth-order valence-corrected chi connectivity index (χ4v) is 0.460. The van der Waals surface area contributed by atoms with Gasteiger partial charge < -0.3 is 10.8 Å². The molecule has 62 valence electrons. The molecule has 0 amide bonds. The monoisotopic (exact) mass is 159 g/mol. The third kappa shape index (κ3) is 2.46. The Kier molecular flexibility index (Phi) is 3.39. The number of carboxylic acids is 1. The molecule has 3 N–H and O–H groups in total. The molecule has 0 aromatic carbocycles. The van der Waals surface area contributed by atoms with E-state index in [0.29, 0.717) is 0 Å². The van der Waals surface area contributed by atoms with E-state index in [4.69, 9.17) is 10.8 Å². The van der Waals surface area contributed by atoms with Crippen molar-refractivity contribution in [2.75, 3.05) is 0 Å². The zero-order valence-corrected chi connectivity index (χ0v) is 6.03. The Bertz CT molecular complexity index is 199. The maximum Gasteiger partial charge on any atom is 0.328 e. The molecule has 0 rings (SSSR count). The van der Waals surface area contributed by atoms with Crippen molar-refractivity contribution < 1.29 is 19.5 Å². The van der Waals surface area contributed by atoms with Gasteiger partial charge in [-0.25, -0.2) is 0 Å². The summed E-state index contributed by atoms with van der Waals surface area (Å²) >= 11 is 0. The van der Waals surface area contributed by atoms with Gasteiger partial charge in [0.25, 0.3) is 0 Å². The van der Waals surface area contributed by atoms with E-state index in [1.165, 1.54) is 6.92 Å². The van der Waals surface area contributed by atoms with Crippen LogP contribution in [-0.2, 0) is 14.4 Å². The fraction of sp³-hybridized carbons (Fsp3) is 0.500. The van der Waals surface area contributed by atoms with Crippen LogP contribution in [0, 0.1) is 0 Å². The van der Waals surface area contributed by atoms with E-state index in [-0.39, 0.29) is 6.42 Å². The Balaban J connectivity index is 4.25. The number of hydrogen-bond donors (Lipinski definition) is 2. The van der Waals surface area contributed by atoms with Crippen molar-refractivity contribution in [3.63, 3.8) is 0 Å². The summed E-state index contributed by atoms with van der Waals surface area (Å²) in [6.45, 7) is 1.47. The largest absolute Gasteiger partial charge is 0.480 e. The summed E-state index contributed by atoms with van der Waals surface area (Å²) in [5.41, 5.74) is 4.87.